The van der Waals surface area contributed by atoms with Crippen LogP contribution in [0.2, 0.25) is 0 Å². The van der Waals surface area contributed by atoms with Gasteiger partial charge in [-0.1, -0.05) is 18.7 Å². The molecule has 5 aromatic rings. The van der Waals surface area contributed by atoms with Crippen molar-refractivity contribution in [3.63, 3.8) is 0 Å². The zero-order chi connectivity index (χ0) is 28.7. The minimum atomic E-state index is -1.30. The number of likely N-dealkylation sites (tertiary alicyclic amines) is 1. The Bertz CT molecular complexity index is 1810. The molecule has 0 saturated carbocycles. The average Bonchev–Trinajstić information content (AvgIpc) is 3.66. The number of carbonyl (C=O) groups is 1. The standard InChI is InChI=1S/C30H26FN5O3S2/c1-4-26(37)35-16-21(17-35)36-15-19(14-33-36)29-27(23-10-7-20(31)13-25(23)39-3)30-24(11-12-40-30)28(34-29)18-5-8-22(9-6-18)41(38)32-2/h4-15,21,32H,1,16-17H2,2-3H3. The van der Waals surface area contributed by atoms with Crippen molar-refractivity contribution in [2.24, 2.45) is 0 Å². The molecule has 1 fully saturated rings. The van der Waals surface area contributed by atoms with Gasteiger partial charge in [-0.15, -0.1) is 11.3 Å². The molecule has 4 heterocycles. The van der Waals surface area contributed by atoms with Crippen molar-refractivity contribution >= 4 is 38.3 Å². The zero-order valence-corrected chi connectivity index (χ0v) is 24.0. The van der Waals surface area contributed by atoms with Crippen molar-refractivity contribution in [3.05, 3.63) is 84.8 Å². The predicted octanol–water partition coefficient (Wildman–Crippen LogP) is 5.45. The molecule has 3 aromatic heterocycles. The molecule has 41 heavy (non-hydrogen) atoms. The highest BCUT2D eigenvalue weighted by Crippen LogP contribution is 2.46. The number of nitrogens with one attached hydrogen (secondary N) is 1. The molecule has 1 N–H and O–H groups in total. The highest BCUT2D eigenvalue weighted by molar-refractivity contribution is 7.83. The molecule has 1 aliphatic heterocycles. The van der Waals surface area contributed by atoms with Crippen LogP contribution in [0.3, 0.4) is 0 Å². The molecule has 8 nitrogen and oxygen atoms in total. The number of nitrogens with zero attached hydrogens (tertiary/aromatic N) is 4. The van der Waals surface area contributed by atoms with Gasteiger partial charge in [-0.2, -0.15) is 5.10 Å². The summed E-state index contributed by atoms with van der Waals surface area (Å²) in [6, 6.07) is 14.0. The van der Waals surface area contributed by atoms with Gasteiger partial charge in [0.2, 0.25) is 5.91 Å². The molecule has 1 unspecified atom stereocenters. The molecule has 1 aliphatic rings. The van der Waals surface area contributed by atoms with E-state index in [4.69, 9.17) is 9.72 Å². The molecule has 0 radical (unpaired) electrons. The molecule has 0 aliphatic carbocycles. The number of hydrogen-bond acceptors (Lipinski definition) is 6. The maximum atomic E-state index is 14.2. The van der Waals surface area contributed by atoms with Crippen LogP contribution < -0.4 is 9.46 Å². The Morgan fingerprint density at radius 1 is 1.17 bits per heavy atom. The average molecular weight is 588 g/mol. The van der Waals surface area contributed by atoms with E-state index in [1.165, 1.54) is 25.3 Å². The number of benzene rings is 2. The predicted molar refractivity (Wildman–Crippen MR) is 160 cm³/mol. The van der Waals surface area contributed by atoms with Gasteiger partial charge in [-0.25, -0.2) is 18.3 Å². The lowest BCUT2D eigenvalue weighted by molar-refractivity contribution is -0.131. The monoisotopic (exact) mass is 587 g/mol. The maximum Gasteiger partial charge on any atom is 0.246 e. The van der Waals surface area contributed by atoms with E-state index in [1.54, 1.807) is 35.5 Å². The molecular formula is C30H26FN5O3S2. The van der Waals surface area contributed by atoms with Crippen molar-refractivity contribution in [3.8, 4) is 39.4 Å². The minimum absolute atomic E-state index is 0.0435. The minimum Gasteiger partial charge on any atom is -0.496 e. The summed E-state index contributed by atoms with van der Waals surface area (Å²) >= 11 is 1.57. The number of pyridine rings is 1. The normalized spacial score (nSPS) is 14.2. The van der Waals surface area contributed by atoms with Crippen molar-refractivity contribution in [2.45, 2.75) is 10.9 Å². The number of carbonyl (C=O) groups excluding carboxylic acids is 1. The van der Waals surface area contributed by atoms with E-state index >= 15 is 0 Å². The molecule has 2 aromatic carbocycles. The van der Waals surface area contributed by atoms with Crippen LogP contribution in [0.25, 0.3) is 43.7 Å². The van der Waals surface area contributed by atoms with Crippen LogP contribution >= 0.6 is 11.3 Å². The molecule has 0 spiro atoms. The second-order valence-electron chi connectivity index (χ2n) is 9.50. The van der Waals surface area contributed by atoms with Gasteiger partial charge < -0.3 is 9.64 Å². The summed E-state index contributed by atoms with van der Waals surface area (Å²) in [5, 5.41) is 7.56. The smallest absolute Gasteiger partial charge is 0.246 e. The lowest BCUT2D eigenvalue weighted by Crippen LogP contribution is -2.50. The molecular weight excluding hydrogens is 561 g/mol. The maximum absolute atomic E-state index is 14.2. The van der Waals surface area contributed by atoms with E-state index in [2.05, 4.69) is 16.4 Å². The summed E-state index contributed by atoms with van der Waals surface area (Å²) in [4.78, 5) is 19.5. The second kappa shape index (κ2) is 11.0. The number of hydrogen-bond donors (Lipinski definition) is 1. The molecule has 0 bridgehead atoms. The lowest BCUT2D eigenvalue weighted by atomic mass is 9.96. The number of fused-ring (bicyclic) bond motifs is 1. The van der Waals surface area contributed by atoms with E-state index in [9.17, 15) is 13.4 Å². The fourth-order valence-electron chi connectivity index (χ4n) is 5.02. The summed E-state index contributed by atoms with van der Waals surface area (Å²) in [5.41, 5.74) is 4.63. The molecule has 1 atom stereocenters. The largest absolute Gasteiger partial charge is 0.496 e. The first-order chi connectivity index (χ1) is 19.9. The van der Waals surface area contributed by atoms with Crippen LogP contribution in [0.15, 0.2) is 83.9 Å². The fourth-order valence-corrected chi connectivity index (χ4v) is 6.60. The molecule has 1 saturated heterocycles. The number of amides is 1. The fraction of sp³-hybridized carbons (Fsp3) is 0.167. The highest BCUT2D eigenvalue weighted by Gasteiger charge is 2.32. The number of methoxy groups -OCH3 is 1. The quantitative estimate of drug-likeness (QED) is 0.244. The van der Waals surface area contributed by atoms with Gasteiger partial charge in [-0.05, 0) is 48.8 Å². The van der Waals surface area contributed by atoms with Crippen molar-refractivity contribution < 1.29 is 18.1 Å². The van der Waals surface area contributed by atoms with E-state index in [-0.39, 0.29) is 11.9 Å². The van der Waals surface area contributed by atoms with Crippen molar-refractivity contribution in [2.75, 3.05) is 27.2 Å². The van der Waals surface area contributed by atoms with E-state index in [1.807, 2.05) is 46.6 Å². The van der Waals surface area contributed by atoms with Gasteiger partial charge in [0, 0.05) is 57.7 Å². The van der Waals surface area contributed by atoms with Crippen molar-refractivity contribution in [1.29, 1.82) is 0 Å². The van der Waals surface area contributed by atoms with Crippen LogP contribution in [0.5, 0.6) is 5.75 Å². The number of thiophene rings is 1. The van der Waals surface area contributed by atoms with E-state index in [0.717, 1.165) is 32.5 Å². The highest BCUT2D eigenvalue weighted by atomic mass is 32.2. The van der Waals surface area contributed by atoms with Gasteiger partial charge in [-0.3, -0.25) is 9.48 Å². The van der Waals surface area contributed by atoms with Crippen LogP contribution in [0.4, 0.5) is 4.39 Å². The third-order valence-corrected chi connectivity index (χ3v) is 9.17. The summed E-state index contributed by atoms with van der Waals surface area (Å²) in [6.07, 6.45) is 5.02. The summed E-state index contributed by atoms with van der Waals surface area (Å²) in [7, 11) is 1.87. The summed E-state index contributed by atoms with van der Waals surface area (Å²) < 4.78 is 37.6. The first kappa shape index (κ1) is 27.0. The van der Waals surface area contributed by atoms with Gasteiger partial charge in [0.15, 0.2) is 0 Å². The first-order valence-electron chi connectivity index (χ1n) is 12.8. The Kier molecular flexibility index (Phi) is 7.24. The SMILES string of the molecule is C=CC(=O)N1CC(n2cc(-c3nc(-c4ccc(S(=O)NC)cc4)c4ccsc4c3-c3ccc(F)cc3OC)cn2)C1. The number of halogens is 1. The molecule has 208 valence electrons. The third kappa shape index (κ3) is 4.86. The van der Waals surface area contributed by atoms with Gasteiger partial charge in [0.25, 0.3) is 0 Å². The van der Waals surface area contributed by atoms with Gasteiger partial charge in [0.1, 0.15) is 22.6 Å². The van der Waals surface area contributed by atoms with E-state index in [0.29, 0.717) is 35.0 Å². The van der Waals surface area contributed by atoms with Gasteiger partial charge in [0.05, 0.1) is 35.6 Å². The summed E-state index contributed by atoms with van der Waals surface area (Å²) in [6.45, 7) is 4.66. The van der Waals surface area contributed by atoms with Crippen LogP contribution in [0, 0.1) is 5.82 Å². The van der Waals surface area contributed by atoms with E-state index < -0.39 is 16.8 Å². The lowest BCUT2D eigenvalue weighted by Gasteiger charge is -2.38. The molecule has 1 amide bonds. The molecule has 6 rings (SSSR count). The summed E-state index contributed by atoms with van der Waals surface area (Å²) in [5.74, 6) is -0.0904. The number of ether oxygens (including phenoxy) is 1. The third-order valence-electron chi connectivity index (χ3n) is 7.17. The van der Waals surface area contributed by atoms with Crippen LogP contribution in [-0.2, 0) is 15.8 Å². The zero-order valence-electron chi connectivity index (χ0n) is 22.3. The Hall–Kier alpha value is -4.19. The number of rotatable bonds is 8. The second-order valence-corrected chi connectivity index (χ2v) is 11.8. The Labute approximate surface area is 242 Å². The molecule has 11 heteroatoms. The Balaban J connectivity index is 1.52. The van der Waals surface area contributed by atoms with Crippen LogP contribution in [-0.4, -0.2) is 57.0 Å². The van der Waals surface area contributed by atoms with Crippen LogP contribution in [0.1, 0.15) is 6.04 Å². The van der Waals surface area contributed by atoms with Gasteiger partial charge >= 0.3 is 0 Å². The Morgan fingerprint density at radius 3 is 2.66 bits per heavy atom. The number of aromatic nitrogens is 3. The first-order valence-corrected chi connectivity index (χ1v) is 14.8. The van der Waals surface area contributed by atoms with Crippen molar-refractivity contribution in [1.82, 2.24) is 24.4 Å². The Morgan fingerprint density at radius 2 is 1.95 bits per heavy atom. The topological polar surface area (TPSA) is 89.4 Å².